The zero-order valence-corrected chi connectivity index (χ0v) is 10.0. The fraction of sp³-hybridized carbons (Fsp3) is 0.500. The second kappa shape index (κ2) is 4.78. The molecule has 1 aromatic rings. The number of rotatable bonds is 3. The van der Waals surface area contributed by atoms with Crippen molar-refractivity contribution in [2.45, 2.75) is 39.4 Å². The molecule has 1 nitrogen and oxygen atoms in total. The van der Waals surface area contributed by atoms with Crippen molar-refractivity contribution < 1.29 is 4.79 Å². The van der Waals surface area contributed by atoms with Crippen LogP contribution in [0.1, 0.15) is 31.8 Å². The fourth-order valence-electron chi connectivity index (χ4n) is 1.53. The van der Waals surface area contributed by atoms with Crippen LogP contribution in [0.3, 0.4) is 0 Å². The third kappa shape index (κ3) is 4.46. The van der Waals surface area contributed by atoms with Crippen molar-refractivity contribution in [2.24, 2.45) is 0 Å². The van der Waals surface area contributed by atoms with Crippen LogP contribution >= 0.6 is 0 Å². The Morgan fingerprint density at radius 3 is 2.67 bits per heavy atom. The second-order valence-electron chi connectivity index (χ2n) is 5.08. The van der Waals surface area contributed by atoms with E-state index in [1.165, 1.54) is 5.46 Å². The Kier molecular flexibility index (Phi) is 3.90. The number of hydrogen-bond acceptors (Lipinski definition) is 1. The van der Waals surface area contributed by atoms with Gasteiger partial charge in [0.05, 0.1) is 0 Å². The van der Waals surface area contributed by atoms with Gasteiger partial charge in [0.1, 0.15) is 0 Å². The van der Waals surface area contributed by atoms with E-state index in [2.05, 4.69) is 0 Å². The van der Waals surface area contributed by atoms with Crippen molar-refractivity contribution in [3.05, 3.63) is 29.1 Å². The van der Waals surface area contributed by atoms with E-state index in [-0.39, 0.29) is 11.0 Å². The molecular formula is C12H17B2O. The maximum absolute atomic E-state index is 11.7. The van der Waals surface area contributed by atoms with Crippen molar-refractivity contribution in [1.82, 2.24) is 0 Å². The average molecular weight is 199 g/mol. The van der Waals surface area contributed by atoms with Gasteiger partial charge in [-0.2, -0.15) is 0 Å². The molecule has 1 aromatic heterocycles. The summed E-state index contributed by atoms with van der Waals surface area (Å²) in [5.41, 5.74) is 2.52. The Morgan fingerprint density at radius 2 is 2.13 bits per heavy atom. The molecule has 0 aliphatic rings. The van der Waals surface area contributed by atoms with Gasteiger partial charge in [-0.15, -0.1) is 0 Å². The van der Waals surface area contributed by atoms with E-state index in [9.17, 15) is 4.79 Å². The number of carbonyl (C=O) groups is 1. The normalized spacial score (nSPS) is 10.9. The quantitative estimate of drug-likeness (QED) is 0.682. The molecule has 77 valence electrons. The summed E-state index contributed by atoms with van der Waals surface area (Å²) in [6, 6.07) is 4.00. The van der Waals surface area contributed by atoms with Gasteiger partial charge in [0, 0.05) is 0 Å². The Labute approximate surface area is 93.7 Å². The molecule has 0 bridgehead atoms. The van der Waals surface area contributed by atoms with Crippen LogP contribution in [0.4, 0.5) is 0 Å². The average Bonchev–Trinajstić information content (AvgIpc) is 2.05. The first-order valence-electron chi connectivity index (χ1n) is 5.32. The molecule has 0 saturated heterocycles. The standard InChI is InChI=1S/C12H17B2O/c1-9-10(6-5-7-13-9)8-11(15)14-12(2,3)4/h5-7H,8H2,1-4H3. The van der Waals surface area contributed by atoms with E-state index in [0.717, 1.165) is 5.56 Å². The number of hydrogen-bond donors (Lipinski definition) is 0. The van der Waals surface area contributed by atoms with Crippen LogP contribution in [-0.2, 0) is 11.2 Å². The van der Waals surface area contributed by atoms with Gasteiger partial charge in [0.25, 0.3) is 0 Å². The van der Waals surface area contributed by atoms with Crippen LogP contribution in [0.2, 0.25) is 5.31 Å². The molecule has 1 radical (unpaired) electrons. The van der Waals surface area contributed by atoms with Crippen molar-refractivity contribution >= 4 is 19.9 Å². The fourth-order valence-corrected chi connectivity index (χ4v) is 1.53. The van der Waals surface area contributed by atoms with E-state index >= 15 is 0 Å². The molecule has 0 N–H and O–H groups in total. The molecule has 15 heavy (non-hydrogen) atoms. The molecule has 3 heteroatoms. The predicted octanol–water partition coefficient (Wildman–Crippen LogP) is 2.32. The first-order chi connectivity index (χ1) is 6.88. The SMILES string of the molecule is Cc1bcccc1CC(=O)[B]C(C)(C)C. The van der Waals surface area contributed by atoms with Crippen LogP contribution in [0.25, 0.3) is 0 Å². The molecule has 1 rings (SSSR count). The summed E-state index contributed by atoms with van der Waals surface area (Å²) >= 11 is 0. The first-order valence-corrected chi connectivity index (χ1v) is 5.32. The van der Waals surface area contributed by atoms with Crippen LogP contribution < -0.4 is 0 Å². The minimum atomic E-state index is -0.0280. The second-order valence-corrected chi connectivity index (χ2v) is 5.08. The van der Waals surface area contributed by atoms with E-state index in [4.69, 9.17) is 0 Å². The molecule has 0 aliphatic carbocycles. The number of aryl methyl sites for hydroxylation is 1. The van der Waals surface area contributed by atoms with Gasteiger partial charge in [0.2, 0.25) is 0 Å². The molecule has 0 atom stereocenters. The molecule has 0 aromatic carbocycles. The van der Waals surface area contributed by atoms with E-state index in [0.29, 0.717) is 6.42 Å². The molecule has 0 fully saturated rings. The van der Waals surface area contributed by atoms with Crippen molar-refractivity contribution in [2.75, 3.05) is 0 Å². The zero-order valence-electron chi connectivity index (χ0n) is 10.0. The van der Waals surface area contributed by atoms with Gasteiger partial charge in [0.15, 0.2) is 0 Å². The molecule has 1 heterocycles. The van der Waals surface area contributed by atoms with Crippen molar-refractivity contribution in [3.63, 3.8) is 0 Å². The van der Waals surface area contributed by atoms with E-state index in [1.807, 2.05) is 52.7 Å². The van der Waals surface area contributed by atoms with Gasteiger partial charge >= 0.3 is 93.2 Å². The van der Waals surface area contributed by atoms with Gasteiger partial charge < -0.3 is 0 Å². The molecular weight excluding hydrogens is 182 g/mol. The van der Waals surface area contributed by atoms with Gasteiger partial charge in [-0.05, 0) is 0 Å². The molecule has 0 spiro atoms. The summed E-state index contributed by atoms with van der Waals surface area (Å²) in [6.45, 7) is 10.2. The van der Waals surface area contributed by atoms with Crippen LogP contribution in [0, 0.1) is 6.92 Å². The first kappa shape index (κ1) is 12.2. The van der Waals surface area contributed by atoms with Gasteiger partial charge in [-0.25, -0.2) is 0 Å². The summed E-state index contributed by atoms with van der Waals surface area (Å²) in [4.78, 5) is 11.7. The van der Waals surface area contributed by atoms with Crippen molar-refractivity contribution in [1.29, 1.82) is 0 Å². The van der Waals surface area contributed by atoms with Gasteiger partial charge in [-0.1, -0.05) is 0 Å². The zero-order chi connectivity index (χ0) is 11.5. The predicted molar refractivity (Wildman–Crippen MR) is 66.7 cm³/mol. The number of carbonyl (C=O) groups excluding carboxylic acids is 1. The Balaban J connectivity index is 2.64. The molecule has 0 unspecified atom stereocenters. The topological polar surface area (TPSA) is 17.1 Å². The minimum absolute atomic E-state index is 0.0280. The van der Waals surface area contributed by atoms with Crippen LogP contribution in [-0.4, -0.2) is 19.9 Å². The van der Waals surface area contributed by atoms with E-state index in [1.54, 1.807) is 7.28 Å². The summed E-state index contributed by atoms with van der Waals surface area (Å²) in [7, 11) is 1.80. The monoisotopic (exact) mass is 199 g/mol. The Bertz CT molecular complexity index is 353. The summed E-state index contributed by atoms with van der Waals surface area (Å²) in [5.74, 6) is 2.00. The third-order valence-electron chi connectivity index (χ3n) is 2.22. The maximum atomic E-state index is 11.7. The Hall–Kier alpha value is -0.850. The van der Waals surface area contributed by atoms with Crippen molar-refractivity contribution in [3.8, 4) is 0 Å². The Morgan fingerprint density at radius 1 is 1.47 bits per heavy atom. The third-order valence-corrected chi connectivity index (χ3v) is 2.22. The summed E-state index contributed by atoms with van der Waals surface area (Å²) < 4.78 is 0. The van der Waals surface area contributed by atoms with E-state index < -0.39 is 0 Å². The summed E-state index contributed by atoms with van der Waals surface area (Å²) in [6.07, 6.45) is 0.518. The van der Waals surface area contributed by atoms with Gasteiger partial charge in [-0.3, -0.25) is 0 Å². The molecule has 0 amide bonds. The molecule has 0 aliphatic heterocycles. The van der Waals surface area contributed by atoms with Crippen LogP contribution in [0.15, 0.2) is 18.1 Å². The molecule has 0 saturated carbocycles. The summed E-state index contributed by atoms with van der Waals surface area (Å²) in [5, 5.41) is -0.0280. The van der Waals surface area contributed by atoms with Crippen LogP contribution in [0.5, 0.6) is 0 Å².